The third kappa shape index (κ3) is 4.55. The van der Waals surface area contributed by atoms with Crippen molar-refractivity contribution in [2.24, 2.45) is 5.92 Å². The molecule has 1 fully saturated rings. The summed E-state index contributed by atoms with van der Waals surface area (Å²) in [6, 6.07) is 19.2. The van der Waals surface area contributed by atoms with Crippen molar-refractivity contribution in [3.05, 3.63) is 89.7 Å². The molecule has 0 spiro atoms. The predicted molar refractivity (Wildman–Crippen MR) is 109 cm³/mol. The fourth-order valence-electron chi connectivity index (χ4n) is 3.77. The number of carbonyl (C=O) groups is 1. The molecule has 2 aromatic carbocycles. The minimum absolute atomic E-state index is 0.105. The zero-order chi connectivity index (χ0) is 20.1. The first kappa shape index (κ1) is 19.4. The molecule has 3 aromatic rings. The van der Waals surface area contributed by atoms with Crippen molar-refractivity contribution >= 4 is 5.91 Å². The van der Waals surface area contributed by atoms with Gasteiger partial charge in [-0.05, 0) is 17.5 Å². The molecular weight excluding hydrogens is 366 g/mol. The van der Waals surface area contributed by atoms with Gasteiger partial charge in [-0.3, -0.25) is 9.48 Å². The fourth-order valence-corrected chi connectivity index (χ4v) is 3.77. The first-order chi connectivity index (χ1) is 14.2. The van der Waals surface area contributed by atoms with Crippen LogP contribution in [-0.4, -0.2) is 34.0 Å². The number of benzene rings is 2. The van der Waals surface area contributed by atoms with Crippen LogP contribution in [-0.2, 0) is 16.1 Å². The molecule has 2 heterocycles. The molecule has 29 heavy (non-hydrogen) atoms. The number of hydrogen-bond acceptors (Lipinski definition) is 4. The number of aromatic nitrogens is 2. The van der Waals surface area contributed by atoms with E-state index in [1.165, 1.54) is 0 Å². The molecule has 1 amide bonds. The molecule has 3 atom stereocenters. The average Bonchev–Trinajstić information content (AvgIpc) is 3.42. The zero-order valence-electron chi connectivity index (χ0n) is 16.1. The van der Waals surface area contributed by atoms with E-state index in [4.69, 9.17) is 4.74 Å². The van der Waals surface area contributed by atoms with E-state index < -0.39 is 6.04 Å². The van der Waals surface area contributed by atoms with Gasteiger partial charge in [0.1, 0.15) is 0 Å². The Morgan fingerprint density at radius 1 is 1.17 bits per heavy atom. The SMILES string of the molecule is O=C(N[C@H](CO)c1ccccc1)[C@H]1CCO[C@@H]1c1cnn(Cc2ccccc2)c1. The maximum atomic E-state index is 12.9. The van der Waals surface area contributed by atoms with Gasteiger partial charge >= 0.3 is 0 Å². The number of rotatable bonds is 7. The van der Waals surface area contributed by atoms with E-state index in [0.29, 0.717) is 19.6 Å². The van der Waals surface area contributed by atoms with E-state index in [2.05, 4.69) is 22.5 Å². The van der Waals surface area contributed by atoms with Crippen LogP contribution in [0.2, 0.25) is 0 Å². The third-order valence-corrected chi connectivity index (χ3v) is 5.30. The van der Waals surface area contributed by atoms with Crippen molar-refractivity contribution in [1.82, 2.24) is 15.1 Å². The minimum Gasteiger partial charge on any atom is -0.394 e. The lowest BCUT2D eigenvalue weighted by Gasteiger charge is -2.22. The van der Waals surface area contributed by atoms with Crippen LogP contribution >= 0.6 is 0 Å². The lowest BCUT2D eigenvalue weighted by Crippen LogP contribution is -2.36. The second-order valence-electron chi connectivity index (χ2n) is 7.30. The highest BCUT2D eigenvalue weighted by atomic mass is 16.5. The largest absolute Gasteiger partial charge is 0.394 e. The Hall–Kier alpha value is -2.96. The number of aliphatic hydroxyl groups is 1. The molecule has 1 aromatic heterocycles. The number of nitrogens with zero attached hydrogens (tertiary/aromatic N) is 2. The summed E-state index contributed by atoms with van der Waals surface area (Å²) in [6.45, 7) is 1.05. The summed E-state index contributed by atoms with van der Waals surface area (Å²) >= 11 is 0. The summed E-state index contributed by atoms with van der Waals surface area (Å²) < 4.78 is 7.74. The van der Waals surface area contributed by atoms with Gasteiger partial charge in [0.25, 0.3) is 0 Å². The van der Waals surface area contributed by atoms with Crippen LogP contribution in [0.1, 0.15) is 35.3 Å². The number of hydrogen-bond donors (Lipinski definition) is 2. The second-order valence-corrected chi connectivity index (χ2v) is 7.30. The summed E-state index contributed by atoms with van der Waals surface area (Å²) in [4.78, 5) is 12.9. The molecule has 0 saturated carbocycles. The van der Waals surface area contributed by atoms with Gasteiger partial charge in [-0.25, -0.2) is 0 Å². The lowest BCUT2D eigenvalue weighted by molar-refractivity contribution is -0.127. The molecule has 1 saturated heterocycles. The van der Waals surface area contributed by atoms with Crippen LogP contribution in [0, 0.1) is 5.92 Å². The number of nitrogens with one attached hydrogen (secondary N) is 1. The van der Waals surface area contributed by atoms with E-state index in [9.17, 15) is 9.90 Å². The van der Waals surface area contributed by atoms with Crippen LogP contribution in [0.15, 0.2) is 73.1 Å². The molecule has 6 heteroatoms. The Balaban J connectivity index is 1.44. The lowest BCUT2D eigenvalue weighted by atomic mass is 9.95. The molecular formula is C23H25N3O3. The number of ether oxygens (including phenoxy) is 1. The van der Waals surface area contributed by atoms with Crippen LogP contribution in [0.4, 0.5) is 0 Å². The highest BCUT2D eigenvalue weighted by Gasteiger charge is 2.36. The van der Waals surface area contributed by atoms with Crippen molar-refractivity contribution in [2.75, 3.05) is 13.2 Å². The minimum atomic E-state index is -0.425. The normalized spacial score (nSPS) is 19.8. The average molecular weight is 391 g/mol. The van der Waals surface area contributed by atoms with Gasteiger partial charge in [-0.1, -0.05) is 60.7 Å². The second kappa shape index (κ2) is 9.03. The van der Waals surface area contributed by atoms with E-state index >= 15 is 0 Å². The van der Waals surface area contributed by atoms with Gasteiger partial charge in [0, 0.05) is 18.4 Å². The van der Waals surface area contributed by atoms with Crippen molar-refractivity contribution < 1.29 is 14.6 Å². The van der Waals surface area contributed by atoms with Crippen LogP contribution in [0.25, 0.3) is 0 Å². The Morgan fingerprint density at radius 2 is 1.90 bits per heavy atom. The standard InChI is InChI=1S/C23H25N3O3/c27-16-21(18-9-5-2-6-10-18)25-23(28)20-11-12-29-22(20)19-13-24-26(15-19)14-17-7-3-1-4-8-17/h1-10,13,15,20-22,27H,11-12,14,16H2,(H,25,28)/t20-,21+,22+/m0/s1. The molecule has 150 valence electrons. The Morgan fingerprint density at radius 3 is 2.62 bits per heavy atom. The van der Waals surface area contributed by atoms with Gasteiger partial charge in [-0.15, -0.1) is 0 Å². The van der Waals surface area contributed by atoms with Crippen molar-refractivity contribution in [2.45, 2.75) is 25.1 Å². The molecule has 1 aliphatic rings. The Kier molecular flexibility index (Phi) is 6.03. The van der Waals surface area contributed by atoms with Gasteiger partial charge in [0.05, 0.1) is 37.4 Å². The summed E-state index contributed by atoms with van der Waals surface area (Å²) in [5, 5.41) is 17.2. The number of amides is 1. The first-order valence-corrected chi connectivity index (χ1v) is 9.88. The molecule has 0 radical (unpaired) electrons. The van der Waals surface area contributed by atoms with E-state index in [1.807, 2.05) is 59.4 Å². The van der Waals surface area contributed by atoms with Crippen molar-refractivity contribution in [1.29, 1.82) is 0 Å². The summed E-state index contributed by atoms with van der Waals surface area (Å²) in [5.41, 5.74) is 2.95. The molecule has 2 N–H and O–H groups in total. The Labute approximate surface area is 170 Å². The van der Waals surface area contributed by atoms with Gasteiger partial charge < -0.3 is 15.2 Å². The quantitative estimate of drug-likeness (QED) is 0.649. The van der Waals surface area contributed by atoms with Crippen molar-refractivity contribution in [3.8, 4) is 0 Å². The van der Waals surface area contributed by atoms with Crippen LogP contribution in [0.3, 0.4) is 0 Å². The smallest absolute Gasteiger partial charge is 0.226 e. The van der Waals surface area contributed by atoms with Gasteiger partial charge in [0.2, 0.25) is 5.91 Å². The van der Waals surface area contributed by atoms with E-state index in [-0.39, 0.29) is 24.5 Å². The summed E-state index contributed by atoms with van der Waals surface area (Å²) in [6.07, 6.45) is 4.05. The van der Waals surface area contributed by atoms with E-state index in [0.717, 1.165) is 16.7 Å². The summed E-state index contributed by atoms with van der Waals surface area (Å²) in [5.74, 6) is -0.409. The Bertz CT molecular complexity index is 927. The summed E-state index contributed by atoms with van der Waals surface area (Å²) in [7, 11) is 0. The van der Waals surface area contributed by atoms with E-state index in [1.54, 1.807) is 6.20 Å². The van der Waals surface area contributed by atoms with Gasteiger partial charge in [0.15, 0.2) is 0 Å². The fraction of sp³-hybridized carbons (Fsp3) is 0.304. The molecule has 0 aliphatic carbocycles. The highest BCUT2D eigenvalue weighted by Crippen LogP contribution is 2.35. The maximum Gasteiger partial charge on any atom is 0.226 e. The van der Waals surface area contributed by atoms with Crippen molar-refractivity contribution in [3.63, 3.8) is 0 Å². The zero-order valence-corrected chi connectivity index (χ0v) is 16.1. The van der Waals surface area contributed by atoms with Crippen LogP contribution < -0.4 is 5.32 Å². The topological polar surface area (TPSA) is 76.4 Å². The molecule has 6 nitrogen and oxygen atoms in total. The predicted octanol–water partition coefficient (Wildman–Crippen LogP) is 2.86. The number of aliphatic hydroxyl groups excluding tert-OH is 1. The van der Waals surface area contributed by atoms with Gasteiger partial charge in [-0.2, -0.15) is 5.10 Å². The molecule has 4 rings (SSSR count). The first-order valence-electron chi connectivity index (χ1n) is 9.88. The highest BCUT2D eigenvalue weighted by molar-refractivity contribution is 5.80. The molecule has 0 unspecified atom stereocenters. The monoisotopic (exact) mass is 391 g/mol. The third-order valence-electron chi connectivity index (χ3n) is 5.30. The maximum absolute atomic E-state index is 12.9. The molecule has 1 aliphatic heterocycles. The van der Waals surface area contributed by atoms with Crippen LogP contribution in [0.5, 0.6) is 0 Å². The number of carbonyl (C=O) groups excluding carboxylic acids is 1. The molecule has 0 bridgehead atoms.